The average Bonchev–Trinajstić information content (AvgIpc) is 3.28. The number of carbonyl (C=O) groups is 2. The van der Waals surface area contributed by atoms with Crippen LogP contribution in [-0.4, -0.2) is 29.9 Å². The molecule has 0 spiro atoms. The Morgan fingerprint density at radius 1 is 1.35 bits per heavy atom. The first-order valence-corrected chi connectivity index (χ1v) is 9.35. The minimum absolute atomic E-state index is 0.0133. The smallest absolute Gasteiger partial charge is 0.258 e. The van der Waals surface area contributed by atoms with Crippen LogP contribution in [0, 0.1) is 0 Å². The third-order valence-electron chi connectivity index (χ3n) is 4.28. The SMILES string of the molecule is C=C(C)COc1cccc(C(=O)N2CCCC2c2ccc(C(N)=O)s2)c1. The highest BCUT2D eigenvalue weighted by molar-refractivity contribution is 7.14. The van der Waals surface area contributed by atoms with Gasteiger partial charge in [-0.05, 0) is 55.7 Å². The number of nitrogens with two attached hydrogens (primary N) is 1. The largest absolute Gasteiger partial charge is 0.489 e. The van der Waals surface area contributed by atoms with E-state index < -0.39 is 5.91 Å². The highest BCUT2D eigenvalue weighted by Crippen LogP contribution is 2.37. The summed E-state index contributed by atoms with van der Waals surface area (Å²) in [6.45, 7) is 6.83. The Balaban J connectivity index is 1.78. The van der Waals surface area contributed by atoms with Crippen molar-refractivity contribution < 1.29 is 14.3 Å². The fourth-order valence-corrected chi connectivity index (χ4v) is 4.07. The standard InChI is InChI=1S/C20H22N2O3S/c1-13(2)12-25-15-6-3-5-14(11-15)20(24)22-10-4-7-16(22)17-8-9-18(26-17)19(21)23/h3,5-6,8-9,11,16H,1,4,7,10,12H2,2H3,(H2,21,23). The number of benzene rings is 1. The number of nitrogens with zero attached hydrogens (tertiary/aromatic N) is 1. The number of amides is 2. The molecule has 0 bridgehead atoms. The topological polar surface area (TPSA) is 72.6 Å². The second-order valence-electron chi connectivity index (χ2n) is 6.50. The van der Waals surface area contributed by atoms with E-state index in [2.05, 4.69) is 6.58 Å². The van der Waals surface area contributed by atoms with Gasteiger partial charge in [-0.3, -0.25) is 9.59 Å². The molecule has 1 aromatic heterocycles. The van der Waals surface area contributed by atoms with Gasteiger partial charge in [0.2, 0.25) is 0 Å². The predicted molar refractivity (Wildman–Crippen MR) is 103 cm³/mol. The molecule has 26 heavy (non-hydrogen) atoms. The van der Waals surface area contributed by atoms with Crippen molar-refractivity contribution in [2.45, 2.75) is 25.8 Å². The van der Waals surface area contributed by atoms with Crippen LogP contribution < -0.4 is 10.5 Å². The van der Waals surface area contributed by atoms with Gasteiger partial charge < -0.3 is 15.4 Å². The Morgan fingerprint density at radius 2 is 2.15 bits per heavy atom. The number of thiophene rings is 1. The van der Waals surface area contributed by atoms with Gasteiger partial charge in [0.25, 0.3) is 11.8 Å². The van der Waals surface area contributed by atoms with Crippen LogP contribution in [0.3, 0.4) is 0 Å². The molecule has 0 aliphatic carbocycles. The van der Waals surface area contributed by atoms with E-state index in [0.29, 0.717) is 29.3 Å². The number of hydrogen-bond acceptors (Lipinski definition) is 4. The quantitative estimate of drug-likeness (QED) is 0.787. The van der Waals surface area contributed by atoms with Crippen molar-refractivity contribution in [2.24, 2.45) is 5.73 Å². The van der Waals surface area contributed by atoms with Crippen LogP contribution in [0.25, 0.3) is 0 Å². The van der Waals surface area contributed by atoms with Gasteiger partial charge >= 0.3 is 0 Å². The summed E-state index contributed by atoms with van der Waals surface area (Å²) in [6, 6.07) is 10.8. The number of likely N-dealkylation sites (tertiary alicyclic amines) is 1. The maximum atomic E-state index is 13.0. The molecule has 6 heteroatoms. The molecular formula is C20H22N2O3S. The first kappa shape index (κ1) is 18.2. The van der Waals surface area contributed by atoms with Gasteiger partial charge in [0.05, 0.1) is 10.9 Å². The molecule has 1 aliphatic rings. The van der Waals surface area contributed by atoms with Crippen LogP contribution in [0.1, 0.15) is 50.7 Å². The van der Waals surface area contributed by atoms with E-state index in [0.717, 1.165) is 23.3 Å². The lowest BCUT2D eigenvalue weighted by Crippen LogP contribution is -2.30. The molecule has 1 aromatic carbocycles. The lowest BCUT2D eigenvalue weighted by atomic mass is 10.1. The lowest BCUT2D eigenvalue weighted by molar-refractivity contribution is 0.0737. The molecule has 2 N–H and O–H groups in total. The fourth-order valence-electron chi connectivity index (χ4n) is 3.06. The molecule has 3 rings (SSSR count). The molecule has 2 aromatic rings. The van der Waals surface area contributed by atoms with Crippen molar-refractivity contribution in [1.29, 1.82) is 0 Å². The Morgan fingerprint density at radius 3 is 2.85 bits per heavy atom. The fraction of sp³-hybridized carbons (Fsp3) is 0.300. The maximum absolute atomic E-state index is 13.0. The van der Waals surface area contributed by atoms with E-state index in [1.54, 1.807) is 18.2 Å². The Hall–Kier alpha value is -2.60. The summed E-state index contributed by atoms with van der Waals surface area (Å²) < 4.78 is 5.64. The summed E-state index contributed by atoms with van der Waals surface area (Å²) in [4.78, 5) is 27.8. The van der Waals surface area contributed by atoms with Crippen molar-refractivity contribution in [2.75, 3.05) is 13.2 Å². The molecule has 2 amide bonds. The molecule has 0 saturated carbocycles. The molecule has 1 atom stereocenters. The number of primary amides is 1. The minimum atomic E-state index is -0.431. The van der Waals surface area contributed by atoms with Crippen LogP contribution >= 0.6 is 11.3 Å². The van der Waals surface area contributed by atoms with Crippen LogP contribution in [0.4, 0.5) is 0 Å². The Labute approximate surface area is 157 Å². The molecule has 0 radical (unpaired) electrons. The van der Waals surface area contributed by atoms with Crippen LogP contribution in [0.15, 0.2) is 48.6 Å². The summed E-state index contributed by atoms with van der Waals surface area (Å²) >= 11 is 1.37. The molecule has 1 aliphatic heterocycles. The zero-order valence-electron chi connectivity index (χ0n) is 14.7. The monoisotopic (exact) mass is 370 g/mol. The van der Waals surface area contributed by atoms with E-state index in [1.165, 1.54) is 11.3 Å². The Bertz CT molecular complexity index is 843. The van der Waals surface area contributed by atoms with Gasteiger partial charge in [0, 0.05) is 17.0 Å². The number of hydrogen-bond donors (Lipinski definition) is 1. The van der Waals surface area contributed by atoms with E-state index in [-0.39, 0.29) is 11.9 Å². The van der Waals surface area contributed by atoms with Crippen LogP contribution in [-0.2, 0) is 0 Å². The number of carbonyl (C=O) groups excluding carboxylic acids is 2. The highest BCUT2D eigenvalue weighted by Gasteiger charge is 2.32. The zero-order chi connectivity index (χ0) is 18.7. The third-order valence-corrected chi connectivity index (χ3v) is 5.48. The van der Waals surface area contributed by atoms with Crippen molar-refractivity contribution in [3.63, 3.8) is 0 Å². The summed E-state index contributed by atoms with van der Waals surface area (Å²) in [5, 5.41) is 0. The van der Waals surface area contributed by atoms with Crippen molar-refractivity contribution in [3.05, 3.63) is 63.9 Å². The average molecular weight is 370 g/mol. The zero-order valence-corrected chi connectivity index (χ0v) is 15.6. The second kappa shape index (κ2) is 7.74. The molecule has 1 fully saturated rings. The van der Waals surface area contributed by atoms with Gasteiger partial charge in [-0.25, -0.2) is 0 Å². The lowest BCUT2D eigenvalue weighted by Gasteiger charge is -2.24. The van der Waals surface area contributed by atoms with Crippen molar-refractivity contribution in [1.82, 2.24) is 4.90 Å². The first-order valence-electron chi connectivity index (χ1n) is 8.53. The predicted octanol–water partition coefficient (Wildman–Crippen LogP) is 3.78. The van der Waals surface area contributed by atoms with E-state index in [9.17, 15) is 9.59 Å². The van der Waals surface area contributed by atoms with E-state index in [4.69, 9.17) is 10.5 Å². The summed E-state index contributed by atoms with van der Waals surface area (Å²) in [6.07, 6.45) is 1.82. The second-order valence-corrected chi connectivity index (χ2v) is 7.61. The highest BCUT2D eigenvalue weighted by atomic mass is 32.1. The van der Waals surface area contributed by atoms with Crippen molar-refractivity contribution >= 4 is 23.2 Å². The summed E-state index contributed by atoms with van der Waals surface area (Å²) in [7, 11) is 0. The molecule has 1 unspecified atom stereocenters. The van der Waals surface area contributed by atoms with Crippen molar-refractivity contribution in [3.8, 4) is 5.75 Å². The van der Waals surface area contributed by atoms with Crippen LogP contribution in [0.2, 0.25) is 0 Å². The normalized spacial score (nSPS) is 16.5. The summed E-state index contributed by atoms with van der Waals surface area (Å²) in [5.74, 6) is 0.198. The minimum Gasteiger partial charge on any atom is -0.489 e. The molecule has 136 valence electrons. The number of ether oxygens (including phenoxy) is 1. The molecule has 5 nitrogen and oxygen atoms in total. The van der Waals surface area contributed by atoms with Crippen LogP contribution in [0.5, 0.6) is 5.75 Å². The summed E-state index contributed by atoms with van der Waals surface area (Å²) in [5.41, 5.74) is 6.87. The Kier molecular flexibility index (Phi) is 5.42. The van der Waals surface area contributed by atoms with Gasteiger partial charge in [0.1, 0.15) is 12.4 Å². The van der Waals surface area contributed by atoms with Gasteiger partial charge in [0.15, 0.2) is 0 Å². The van der Waals surface area contributed by atoms with E-state index in [1.807, 2.05) is 30.0 Å². The maximum Gasteiger partial charge on any atom is 0.258 e. The number of rotatable bonds is 6. The van der Waals surface area contributed by atoms with Gasteiger partial charge in [-0.2, -0.15) is 0 Å². The van der Waals surface area contributed by atoms with Gasteiger partial charge in [-0.1, -0.05) is 12.6 Å². The van der Waals surface area contributed by atoms with Gasteiger partial charge in [-0.15, -0.1) is 11.3 Å². The van der Waals surface area contributed by atoms with E-state index >= 15 is 0 Å². The molecule has 1 saturated heterocycles. The third kappa shape index (κ3) is 3.96. The molecule has 2 heterocycles. The molecular weight excluding hydrogens is 348 g/mol. The first-order chi connectivity index (χ1) is 12.5.